The zero-order chi connectivity index (χ0) is 16.2. The molecular weight excluding hydrogens is 296 g/mol. The first-order chi connectivity index (χ1) is 11.1. The van der Waals surface area contributed by atoms with Crippen molar-refractivity contribution in [1.29, 1.82) is 0 Å². The Morgan fingerprint density at radius 2 is 2.48 bits per heavy atom. The second-order valence-corrected chi connectivity index (χ2v) is 5.93. The molecule has 2 N–H and O–H groups in total. The number of aliphatic hydroxyl groups excluding tert-OH is 1. The molecule has 0 aliphatic carbocycles. The Kier molecular flexibility index (Phi) is 4.66. The number of aromatic nitrogens is 2. The molecule has 1 fully saturated rings. The van der Waals surface area contributed by atoms with E-state index < -0.39 is 6.10 Å². The van der Waals surface area contributed by atoms with Crippen LogP contribution in [-0.4, -0.2) is 38.7 Å². The minimum Gasteiger partial charge on any atom is -0.467 e. The van der Waals surface area contributed by atoms with Crippen LogP contribution < -0.4 is 5.32 Å². The first kappa shape index (κ1) is 15.6. The summed E-state index contributed by atoms with van der Waals surface area (Å²) in [7, 11) is 1.86. The topological polar surface area (TPSA) is 83.5 Å². The van der Waals surface area contributed by atoms with Crippen LogP contribution in [0.4, 0.5) is 4.79 Å². The fraction of sp³-hybridized carbons (Fsp3) is 0.500. The van der Waals surface area contributed by atoms with Crippen LogP contribution >= 0.6 is 0 Å². The second-order valence-electron chi connectivity index (χ2n) is 5.93. The number of piperidine rings is 1. The summed E-state index contributed by atoms with van der Waals surface area (Å²) in [5, 5.41) is 13.4. The lowest BCUT2D eigenvalue weighted by molar-refractivity contribution is 0.0531. The van der Waals surface area contributed by atoms with Gasteiger partial charge in [-0.2, -0.15) is 0 Å². The van der Waals surface area contributed by atoms with E-state index in [4.69, 9.17) is 4.42 Å². The molecule has 7 nitrogen and oxygen atoms in total. The highest BCUT2D eigenvalue weighted by atomic mass is 16.3. The van der Waals surface area contributed by atoms with Crippen LogP contribution in [0.5, 0.6) is 0 Å². The van der Waals surface area contributed by atoms with E-state index in [9.17, 15) is 9.90 Å². The number of imidazole rings is 1. The van der Waals surface area contributed by atoms with Crippen molar-refractivity contribution < 1.29 is 14.3 Å². The number of carbonyl (C=O) groups is 1. The van der Waals surface area contributed by atoms with Crippen molar-refractivity contribution in [2.24, 2.45) is 13.0 Å². The van der Waals surface area contributed by atoms with Gasteiger partial charge in [0.15, 0.2) is 0 Å². The number of urea groups is 1. The van der Waals surface area contributed by atoms with E-state index in [2.05, 4.69) is 10.3 Å². The number of carbonyl (C=O) groups excluding carboxylic acids is 1. The van der Waals surface area contributed by atoms with E-state index in [-0.39, 0.29) is 11.9 Å². The predicted octanol–water partition coefficient (Wildman–Crippen LogP) is 1.67. The summed E-state index contributed by atoms with van der Waals surface area (Å²) in [5.41, 5.74) is 0. The number of aliphatic hydroxyl groups is 1. The lowest BCUT2D eigenvalue weighted by Gasteiger charge is -2.34. The van der Waals surface area contributed by atoms with Crippen LogP contribution in [-0.2, 0) is 13.6 Å². The molecule has 2 aromatic rings. The largest absolute Gasteiger partial charge is 0.467 e. The minimum atomic E-state index is -0.657. The molecule has 2 unspecified atom stereocenters. The Balaban J connectivity index is 1.57. The van der Waals surface area contributed by atoms with Crippen LogP contribution in [0.2, 0.25) is 0 Å². The lowest BCUT2D eigenvalue weighted by atomic mass is 9.92. The molecule has 2 atom stereocenters. The van der Waals surface area contributed by atoms with E-state index in [0.717, 1.165) is 18.6 Å². The molecule has 23 heavy (non-hydrogen) atoms. The lowest BCUT2D eigenvalue weighted by Crippen LogP contribution is -2.46. The quantitative estimate of drug-likeness (QED) is 0.898. The van der Waals surface area contributed by atoms with Crippen molar-refractivity contribution in [2.75, 3.05) is 13.1 Å². The number of hydrogen-bond acceptors (Lipinski definition) is 4. The third-order valence-corrected chi connectivity index (χ3v) is 4.31. The van der Waals surface area contributed by atoms with E-state index in [0.29, 0.717) is 25.5 Å². The summed E-state index contributed by atoms with van der Waals surface area (Å²) in [4.78, 5) is 18.3. The van der Waals surface area contributed by atoms with Crippen LogP contribution in [0.3, 0.4) is 0 Å². The van der Waals surface area contributed by atoms with Gasteiger partial charge in [0.05, 0.1) is 12.8 Å². The molecule has 124 valence electrons. The van der Waals surface area contributed by atoms with Crippen molar-refractivity contribution in [1.82, 2.24) is 19.8 Å². The van der Waals surface area contributed by atoms with Crippen molar-refractivity contribution in [3.8, 4) is 0 Å². The predicted molar refractivity (Wildman–Crippen MR) is 83.4 cm³/mol. The fourth-order valence-corrected chi connectivity index (χ4v) is 3.01. The van der Waals surface area contributed by atoms with Gasteiger partial charge in [0.2, 0.25) is 0 Å². The fourth-order valence-electron chi connectivity index (χ4n) is 3.01. The summed E-state index contributed by atoms with van der Waals surface area (Å²) in [5.74, 6) is 1.37. The third-order valence-electron chi connectivity index (χ3n) is 4.31. The minimum absolute atomic E-state index is 0.000729. The number of nitrogens with zero attached hydrogens (tertiary/aromatic N) is 3. The molecule has 1 aliphatic heterocycles. The number of furan rings is 1. The van der Waals surface area contributed by atoms with Crippen LogP contribution in [0.25, 0.3) is 0 Å². The number of rotatable bonds is 4. The van der Waals surface area contributed by atoms with Gasteiger partial charge in [-0.25, -0.2) is 9.78 Å². The van der Waals surface area contributed by atoms with Gasteiger partial charge in [0.25, 0.3) is 0 Å². The molecule has 1 aliphatic rings. The van der Waals surface area contributed by atoms with Gasteiger partial charge in [-0.1, -0.05) is 0 Å². The Morgan fingerprint density at radius 1 is 1.61 bits per heavy atom. The molecule has 1 saturated heterocycles. The third kappa shape index (κ3) is 3.56. The number of likely N-dealkylation sites (tertiary alicyclic amines) is 1. The second kappa shape index (κ2) is 6.87. The van der Waals surface area contributed by atoms with E-state index in [1.54, 1.807) is 23.4 Å². The van der Waals surface area contributed by atoms with Gasteiger partial charge in [0, 0.05) is 38.4 Å². The highest BCUT2D eigenvalue weighted by Crippen LogP contribution is 2.28. The van der Waals surface area contributed by atoms with Crippen LogP contribution in [0.1, 0.15) is 30.5 Å². The first-order valence-electron chi connectivity index (χ1n) is 7.85. The Morgan fingerprint density at radius 3 is 3.17 bits per heavy atom. The summed E-state index contributed by atoms with van der Waals surface area (Å²) < 4.78 is 7.03. The van der Waals surface area contributed by atoms with Gasteiger partial charge in [-0.15, -0.1) is 0 Å². The zero-order valence-corrected chi connectivity index (χ0v) is 13.2. The van der Waals surface area contributed by atoms with Gasteiger partial charge < -0.3 is 24.3 Å². The average Bonchev–Trinajstić information content (AvgIpc) is 3.23. The van der Waals surface area contributed by atoms with E-state index >= 15 is 0 Å². The summed E-state index contributed by atoms with van der Waals surface area (Å²) in [6.45, 7) is 1.60. The van der Waals surface area contributed by atoms with Gasteiger partial charge in [-0.3, -0.25) is 0 Å². The first-order valence-corrected chi connectivity index (χ1v) is 7.85. The number of aryl methyl sites for hydroxylation is 1. The van der Waals surface area contributed by atoms with Crippen LogP contribution in [0.15, 0.2) is 35.2 Å². The maximum atomic E-state index is 12.3. The number of amides is 2. The molecule has 2 amide bonds. The van der Waals surface area contributed by atoms with Gasteiger partial charge in [0.1, 0.15) is 17.7 Å². The smallest absolute Gasteiger partial charge is 0.317 e. The van der Waals surface area contributed by atoms with Crippen molar-refractivity contribution in [3.05, 3.63) is 42.4 Å². The summed E-state index contributed by atoms with van der Waals surface area (Å²) >= 11 is 0. The molecule has 3 rings (SSSR count). The molecule has 0 spiro atoms. The number of nitrogens with one attached hydrogen (secondary N) is 1. The molecule has 0 bridgehead atoms. The molecular formula is C16H22N4O3. The summed E-state index contributed by atoms with van der Waals surface area (Å²) in [6.07, 6.45) is 6.18. The Hall–Kier alpha value is -2.28. The highest BCUT2D eigenvalue weighted by Gasteiger charge is 2.31. The molecule has 0 radical (unpaired) electrons. The normalized spacial score (nSPS) is 19.6. The monoisotopic (exact) mass is 318 g/mol. The molecule has 0 saturated carbocycles. The van der Waals surface area contributed by atoms with Crippen LogP contribution in [0, 0.1) is 5.92 Å². The summed E-state index contributed by atoms with van der Waals surface area (Å²) in [6, 6.07) is 3.49. The van der Waals surface area contributed by atoms with Crippen molar-refractivity contribution >= 4 is 6.03 Å². The average molecular weight is 318 g/mol. The van der Waals surface area contributed by atoms with E-state index in [1.807, 2.05) is 23.9 Å². The Labute approximate surface area is 134 Å². The standard InChI is InChI=1S/C16H22N4O3/c1-19-8-6-17-15(19)14(21)12-4-2-7-20(11-12)16(22)18-10-13-5-3-9-23-13/h3,5-6,8-9,12,14,21H,2,4,7,10-11H2,1H3,(H,18,22). The molecule has 3 heterocycles. The van der Waals surface area contributed by atoms with Crippen molar-refractivity contribution in [3.63, 3.8) is 0 Å². The Bertz CT molecular complexity index is 638. The highest BCUT2D eigenvalue weighted by molar-refractivity contribution is 5.74. The molecule has 0 aromatic carbocycles. The van der Waals surface area contributed by atoms with E-state index in [1.165, 1.54) is 0 Å². The molecule has 2 aromatic heterocycles. The maximum absolute atomic E-state index is 12.3. The zero-order valence-electron chi connectivity index (χ0n) is 13.2. The van der Waals surface area contributed by atoms with Crippen molar-refractivity contribution in [2.45, 2.75) is 25.5 Å². The SMILES string of the molecule is Cn1ccnc1C(O)C1CCCN(C(=O)NCc2ccco2)C1. The molecule has 7 heteroatoms. The van der Waals surface area contributed by atoms with Gasteiger partial charge in [-0.05, 0) is 25.0 Å². The number of hydrogen-bond donors (Lipinski definition) is 2. The van der Waals surface area contributed by atoms with Gasteiger partial charge >= 0.3 is 6.03 Å². The maximum Gasteiger partial charge on any atom is 0.317 e.